The van der Waals surface area contributed by atoms with Crippen molar-refractivity contribution in [2.24, 2.45) is 4.99 Å². The van der Waals surface area contributed by atoms with Crippen LogP contribution in [0, 0.1) is 0 Å². The molecule has 0 amide bonds. The molecule has 0 aliphatic carbocycles. The van der Waals surface area contributed by atoms with Gasteiger partial charge in [0.2, 0.25) is 0 Å². The summed E-state index contributed by atoms with van der Waals surface area (Å²) < 4.78 is 10.7. The van der Waals surface area contributed by atoms with E-state index in [2.05, 4.69) is 31.2 Å². The van der Waals surface area contributed by atoms with Gasteiger partial charge in [-0.15, -0.1) is 0 Å². The van der Waals surface area contributed by atoms with E-state index in [1.807, 2.05) is 43.4 Å². The molecule has 2 aromatic carbocycles. The first-order chi connectivity index (χ1) is 14.1. The lowest BCUT2D eigenvalue weighted by Gasteiger charge is -2.22. The summed E-state index contributed by atoms with van der Waals surface area (Å²) in [6.07, 6.45) is 1.68. The van der Waals surface area contributed by atoms with Gasteiger partial charge in [0.05, 0.1) is 25.3 Å². The predicted molar refractivity (Wildman–Crippen MR) is 117 cm³/mol. The smallest absolute Gasteiger partial charge is 0.193 e. The van der Waals surface area contributed by atoms with Crippen LogP contribution in [0.15, 0.2) is 47.5 Å². The number of aromatic amines is 1. The highest BCUT2D eigenvalue weighted by Crippen LogP contribution is 2.27. The Morgan fingerprint density at radius 3 is 2.62 bits per heavy atom. The molecule has 29 heavy (non-hydrogen) atoms. The van der Waals surface area contributed by atoms with Crippen LogP contribution in [0.4, 0.5) is 0 Å². The summed E-state index contributed by atoms with van der Waals surface area (Å²) in [6, 6.07) is 14.1. The minimum absolute atomic E-state index is 0.743. The number of ether oxygens (including phenoxy) is 2. The fourth-order valence-electron chi connectivity index (χ4n) is 3.24. The van der Waals surface area contributed by atoms with Gasteiger partial charge in [-0.2, -0.15) is 0 Å². The van der Waals surface area contributed by atoms with Crippen LogP contribution in [0.5, 0.6) is 11.5 Å². The Morgan fingerprint density at radius 1 is 1.10 bits per heavy atom. The van der Waals surface area contributed by atoms with Gasteiger partial charge in [-0.3, -0.25) is 4.99 Å². The van der Waals surface area contributed by atoms with Gasteiger partial charge in [0.25, 0.3) is 0 Å². The maximum absolute atomic E-state index is 5.39. The number of H-pyrrole nitrogens is 1. The SMILES string of the molecule is CN=C(NCCc1nc2ccccc2[nH]1)N(C)CCc1ccc(OC)c(OC)c1. The molecule has 7 nitrogen and oxygen atoms in total. The summed E-state index contributed by atoms with van der Waals surface area (Å²) in [6.45, 7) is 1.59. The predicted octanol–water partition coefficient (Wildman–Crippen LogP) is 2.87. The molecule has 3 rings (SSSR count). The van der Waals surface area contributed by atoms with Crippen molar-refractivity contribution in [2.75, 3.05) is 41.4 Å². The Balaban J connectivity index is 1.50. The third kappa shape index (κ3) is 5.19. The molecule has 0 atom stereocenters. The number of aromatic nitrogens is 2. The lowest BCUT2D eigenvalue weighted by atomic mass is 10.1. The minimum Gasteiger partial charge on any atom is -0.493 e. The number of hydrogen-bond acceptors (Lipinski definition) is 4. The number of guanidine groups is 1. The van der Waals surface area contributed by atoms with Crippen LogP contribution in [0.1, 0.15) is 11.4 Å². The van der Waals surface area contributed by atoms with E-state index in [4.69, 9.17) is 9.47 Å². The van der Waals surface area contributed by atoms with Crippen molar-refractivity contribution in [3.63, 3.8) is 0 Å². The Morgan fingerprint density at radius 2 is 1.90 bits per heavy atom. The number of fused-ring (bicyclic) bond motifs is 1. The molecule has 0 aliphatic heterocycles. The number of methoxy groups -OCH3 is 2. The third-order valence-corrected chi connectivity index (χ3v) is 4.84. The quantitative estimate of drug-likeness (QED) is 0.453. The first kappa shape index (κ1) is 20.5. The van der Waals surface area contributed by atoms with Crippen molar-refractivity contribution in [2.45, 2.75) is 12.8 Å². The second-order valence-electron chi connectivity index (χ2n) is 6.79. The summed E-state index contributed by atoms with van der Waals surface area (Å²) in [5.74, 6) is 3.33. The van der Waals surface area contributed by atoms with Crippen LogP contribution < -0.4 is 14.8 Å². The molecule has 0 saturated heterocycles. The standard InChI is InChI=1S/C22H29N5O2/c1-23-22(24-13-11-21-25-17-7-5-6-8-18(17)26-21)27(2)14-12-16-9-10-19(28-3)20(15-16)29-4/h5-10,15H,11-14H2,1-4H3,(H,23,24)(H,25,26). The van der Waals surface area contributed by atoms with E-state index in [0.29, 0.717) is 0 Å². The van der Waals surface area contributed by atoms with E-state index in [1.54, 1.807) is 21.3 Å². The maximum atomic E-state index is 5.39. The zero-order valence-electron chi connectivity index (χ0n) is 17.5. The summed E-state index contributed by atoms with van der Waals surface area (Å²) in [4.78, 5) is 14.5. The normalized spacial score (nSPS) is 11.5. The molecule has 0 saturated carbocycles. The van der Waals surface area contributed by atoms with E-state index >= 15 is 0 Å². The van der Waals surface area contributed by atoms with Crippen molar-refractivity contribution in [3.8, 4) is 11.5 Å². The highest BCUT2D eigenvalue weighted by Gasteiger charge is 2.09. The zero-order chi connectivity index (χ0) is 20.6. The van der Waals surface area contributed by atoms with Crippen molar-refractivity contribution in [1.29, 1.82) is 0 Å². The van der Waals surface area contributed by atoms with Crippen LogP contribution in [-0.4, -0.2) is 62.2 Å². The van der Waals surface area contributed by atoms with Gasteiger partial charge in [0.1, 0.15) is 5.82 Å². The van der Waals surface area contributed by atoms with Crippen molar-refractivity contribution >= 4 is 17.0 Å². The van der Waals surface area contributed by atoms with Crippen LogP contribution in [0.2, 0.25) is 0 Å². The fourth-order valence-corrected chi connectivity index (χ4v) is 3.24. The highest BCUT2D eigenvalue weighted by molar-refractivity contribution is 5.79. The van der Waals surface area contributed by atoms with E-state index in [-0.39, 0.29) is 0 Å². The van der Waals surface area contributed by atoms with Crippen LogP contribution >= 0.6 is 0 Å². The molecule has 1 heterocycles. The molecule has 7 heteroatoms. The maximum Gasteiger partial charge on any atom is 0.193 e. The fraction of sp³-hybridized carbons (Fsp3) is 0.364. The topological polar surface area (TPSA) is 74.8 Å². The summed E-state index contributed by atoms with van der Waals surface area (Å²) in [5, 5.41) is 3.41. The highest BCUT2D eigenvalue weighted by atomic mass is 16.5. The van der Waals surface area contributed by atoms with E-state index < -0.39 is 0 Å². The monoisotopic (exact) mass is 395 g/mol. The Kier molecular flexibility index (Phi) is 6.94. The molecule has 0 spiro atoms. The molecule has 0 fully saturated rings. The second kappa shape index (κ2) is 9.82. The van der Waals surface area contributed by atoms with Gasteiger partial charge >= 0.3 is 0 Å². The largest absolute Gasteiger partial charge is 0.493 e. The summed E-state index contributed by atoms with van der Waals surface area (Å²) in [7, 11) is 7.14. The first-order valence-corrected chi connectivity index (χ1v) is 9.71. The van der Waals surface area contributed by atoms with Gasteiger partial charge in [-0.1, -0.05) is 18.2 Å². The molecule has 0 bridgehead atoms. The Labute approximate surface area is 171 Å². The van der Waals surface area contributed by atoms with Gasteiger partial charge in [0.15, 0.2) is 17.5 Å². The Hall–Kier alpha value is -3.22. The molecule has 0 unspecified atom stereocenters. The number of hydrogen-bond donors (Lipinski definition) is 2. The second-order valence-corrected chi connectivity index (χ2v) is 6.79. The molecule has 1 aromatic heterocycles. The minimum atomic E-state index is 0.743. The average Bonchev–Trinajstić information content (AvgIpc) is 3.17. The van der Waals surface area contributed by atoms with E-state index in [0.717, 1.165) is 60.2 Å². The number of rotatable bonds is 8. The number of nitrogens with zero attached hydrogens (tertiary/aromatic N) is 3. The molecular weight excluding hydrogens is 366 g/mol. The number of nitrogens with one attached hydrogen (secondary N) is 2. The average molecular weight is 396 g/mol. The van der Waals surface area contributed by atoms with Crippen molar-refractivity contribution < 1.29 is 9.47 Å². The van der Waals surface area contributed by atoms with Crippen LogP contribution in [0.25, 0.3) is 11.0 Å². The summed E-state index contributed by atoms with van der Waals surface area (Å²) >= 11 is 0. The lowest BCUT2D eigenvalue weighted by molar-refractivity contribution is 0.354. The van der Waals surface area contributed by atoms with Gasteiger partial charge in [-0.25, -0.2) is 4.98 Å². The number of para-hydroxylation sites is 2. The van der Waals surface area contributed by atoms with Crippen molar-refractivity contribution in [1.82, 2.24) is 20.2 Å². The number of benzene rings is 2. The molecular formula is C22H29N5O2. The molecule has 3 aromatic rings. The number of aliphatic imine (C=N–C) groups is 1. The van der Waals surface area contributed by atoms with E-state index in [9.17, 15) is 0 Å². The lowest BCUT2D eigenvalue weighted by Crippen LogP contribution is -2.40. The third-order valence-electron chi connectivity index (χ3n) is 4.84. The van der Waals surface area contributed by atoms with Gasteiger partial charge < -0.3 is 24.7 Å². The summed E-state index contributed by atoms with van der Waals surface area (Å²) in [5.41, 5.74) is 3.25. The van der Waals surface area contributed by atoms with Crippen LogP contribution in [-0.2, 0) is 12.8 Å². The number of imidazole rings is 1. The van der Waals surface area contributed by atoms with E-state index in [1.165, 1.54) is 5.56 Å². The molecule has 0 radical (unpaired) electrons. The number of likely N-dealkylation sites (N-methyl/N-ethyl adjacent to an activating group) is 1. The first-order valence-electron chi connectivity index (χ1n) is 9.71. The molecule has 2 N–H and O–H groups in total. The van der Waals surface area contributed by atoms with Gasteiger partial charge in [-0.05, 0) is 36.2 Å². The molecule has 0 aliphatic rings. The zero-order valence-corrected chi connectivity index (χ0v) is 17.5. The molecule has 154 valence electrons. The van der Waals surface area contributed by atoms with Gasteiger partial charge in [0, 0.05) is 33.6 Å². The van der Waals surface area contributed by atoms with Crippen LogP contribution in [0.3, 0.4) is 0 Å². The van der Waals surface area contributed by atoms with Crippen molar-refractivity contribution in [3.05, 3.63) is 53.9 Å². The Bertz CT molecular complexity index is 934.